The van der Waals surface area contributed by atoms with Gasteiger partial charge in [-0.1, -0.05) is 20.8 Å². The largest absolute Gasteiger partial charge is 0.481 e. The third kappa shape index (κ3) is 3.17. The van der Waals surface area contributed by atoms with Crippen molar-refractivity contribution in [3.05, 3.63) is 0 Å². The monoisotopic (exact) mass is 422 g/mol. The summed E-state index contributed by atoms with van der Waals surface area (Å²) in [6, 6.07) is 0. The number of aliphatic hydroxyl groups is 3. The summed E-state index contributed by atoms with van der Waals surface area (Å²) in [6.07, 6.45) is 2.67. The van der Waals surface area contributed by atoms with Crippen molar-refractivity contribution in [2.24, 2.45) is 46.3 Å². The summed E-state index contributed by atoms with van der Waals surface area (Å²) in [4.78, 5) is 23.5. The molecule has 0 aromatic carbocycles. The third-order valence-corrected chi connectivity index (χ3v) is 10.2. The molecule has 6 nitrogen and oxygen atoms in total. The molecule has 0 aromatic heterocycles. The Hall–Kier alpha value is -0.980. The van der Waals surface area contributed by atoms with Crippen LogP contribution in [0.5, 0.6) is 0 Å². The van der Waals surface area contributed by atoms with Gasteiger partial charge in [0.05, 0.1) is 12.2 Å². The molecule has 30 heavy (non-hydrogen) atoms. The number of aliphatic hydroxyl groups excluding tert-OH is 3. The van der Waals surface area contributed by atoms with E-state index in [4.69, 9.17) is 5.11 Å². The Balaban J connectivity index is 1.63. The number of Topliss-reactive ketones (excluding diaryl/α,β-unsaturated/α-hetero) is 1. The molecule has 11 unspecified atom stereocenters. The molecule has 0 saturated heterocycles. The van der Waals surface area contributed by atoms with Gasteiger partial charge in [0.25, 0.3) is 0 Å². The van der Waals surface area contributed by atoms with E-state index in [1.54, 1.807) is 0 Å². The van der Waals surface area contributed by atoms with E-state index in [0.717, 1.165) is 12.8 Å². The lowest BCUT2D eigenvalue weighted by molar-refractivity contribution is -0.206. The van der Waals surface area contributed by atoms with Gasteiger partial charge in [-0.15, -0.1) is 0 Å². The molecule has 0 bridgehead atoms. The molecule has 0 spiro atoms. The van der Waals surface area contributed by atoms with Gasteiger partial charge in [0.15, 0.2) is 5.78 Å². The minimum absolute atomic E-state index is 0.0550. The molecule has 4 saturated carbocycles. The van der Waals surface area contributed by atoms with Crippen LogP contribution < -0.4 is 0 Å². The topological polar surface area (TPSA) is 115 Å². The summed E-state index contributed by atoms with van der Waals surface area (Å²) < 4.78 is 0. The van der Waals surface area contributed by atoms with Crippen molar-refractivity contribution in [1.82, 2.24) is 0 Å². The Morgan fingerprint density at radius 3 is 2.47 bits per heavy atom. The fraction of sp³-hybridized carbons (Fsp3) is 0.917. The molecule has 11 atom stereocenters. The fourth-order valence-electron chi connectivity index (χ4n) is 8.54. The second-order valence-corrected chi connectivity index (χ2v) is 11.4. The fourth-order valence-corrected chi connectivity index (χ4v) is 8.54. The second-order valence-electron chi connectivity index (χ2n) is 11.4. The van der Waals surface area contributed by atoms with Crippen LogP contribution in [-0.2, 0) is 9.59 Å². The third-order valence-electron chi connectivity index (χ3n) is 10.2. The maximum atomic E-state index is 12.4. The number of carbonyl (C=O) groups is 2. The lowest BCUT2D eigenvalue weighted by Gasteiger charge is -2.63. The highest BCUT2D eigenvalue weighted by Gasteiger charge is 2.66. The van der Waals surface area contributed by atoms with Crippen molar-refractivity contribution in [3.63, 3.8) is 0 Å². The summed E-state index contributed by atoms with van der Waals surface area (Å²) in [7, 11) is 0. The number of hydrogen-bond donors (Lipinski definition) is 4. The predicted octanol–water partition coefficient (Wildman–Crippen LogP) is 2.63. The summed E-state index contributed by atoms with van der Waals surface area (Å²) in [6.45, 7) is 6.41. The van der Waals surface area contributed by atoms with E-state index in [1.165, 1.54) is 0 Å². The van der Waals surface area contributed by atoms with E-state index in [9.17, 15) is 24.9 Å². The van der Waals surface area contributed by atoms with Gasteiger partial charge in [-0.25, -0.2) is 0 Å². The first-order chi connectivity index (χ1) is 14.0. The zero-order valence-electron chi connectivity index (χ0n) is 18.5. The smallest absolute Gasteiger partial charge is 0.303 e. The molecule has 6 heteroatoms. The normalized spacial score (nSPS) is 51.6. The Labute approximate surface area is 179 Å². The predicted molar refractivity (Wildman–Crippen MR) is 110 cm³/mol. The molecule has 4 aliphatic carbocycles. The van der Waals surface area contributed by atoms with Gasteiger partial charge >= 0.3 is 5.97 Å². The second kappa shape index (κ2) is 7.56. The molecule has 0 heterocycles. The lowest BCUT2D eigenvalue weighted by atomic mass is 9.43. The van der Waals surface area contributed by atoms with Crippen molar-refractivity contribution < 1.29 is 30.0 Å². The number of ketones is 1. The quantitative estimate of drug-likeness (QED) is 0.554. The van der Waals surface area contributed by atoms with Crippen LogP contribution in [0.4, 0.5) is 0 Å². The van der Waals surface area contributed by atoms with Crippen molar-refractivity contribution in [1.29, 1.82) is 0 Å². The van der Waals surface area contributed by atoms with E-state index in [-0.39, 0.29) is 58.5 Å². The Morgan fingerprint density at radius 1 is 1.10 bits per heavy atom. The van der Waals surface area contributed by atoms with E-state index < -0.39 is 24.3 Å². The van der Waals surface area contributed by atoms with E-state index in [2.05, 4.69) is 20.8 Å². The number of carboxylic acids is 1. The average Bonchev–Trinajstić information content (AvgIpc) is 3.02. The first-order valence-electron chi connectivity index (χ1n) is 11.8. The SMILES string of the molecule is CC(CCC(=O)O)C1CCC2C3C(O)CC4CC(O)C(=O)CC4(C)C3CC(O)C12C. The van der Waals surface area contributed by atoms with Crippen molar-refractivity contribution in [2.75, 3.05) is 0 Å². The summed E-state index contributed by atoms with van der Waals surface area (Å²) in [5.74, 6) is -0.0239. The number of rotatable bonds is 4. The van der Waals surface area contributed by atoms with Crippen molar-refractivity contribution in [3.8, 4) is 0 Å². The van der Waals surface area contributed by atoms with Crippen LogP contribution in [0, 0.1) is 46.3 Å². The first kappa shape index (κ1) is 22.2. The number of fused-ring (bicyclic) bond motifs is 5. The van der Waals surface area contributed by atoms with Crippen molar-refractivity contribution >= 4 is 11.8 Å². The Kier molecular flexibility index (Phi) is 5.60. The van der Waals surface area contributed by atoms with Crippen LogP contribution in [0.2, 0.25) is 0 Å². The molecule has 4 N–H and O–H groups in total. The van der Waals surface area contributed by atoms with E-state index in [0.29, 0.717) is 32.1 Å². The van der Waals surface area contributed by atoms with Gasteiger partial charge in [0, 0.05) is 12.8 Å². The highest BCUT2D eigenvalue weighted by atomic mass is 16.4. The standard InChI is InChI=1S/C24H38O6/c1-12(4-7-21(29)30)14-5-6-15-22-16(10-20(28)24(14,15)3)23(2)11-19(27)17(25)8-13(23)9-18(22)26/h12-18,20,22,25-26,28H,4-11H2,1-3H3,(H,29,30). The minimum Gasteiger partial charge on any atom is -0.481 e. The number of carboxylic acid groups (broad SMARTS) is 1. The molecule has 0 aromatic rings. The average molecular weight is 423 g/mol. The molecule has 0 aliphatic heterocycles. The van der Waals surface area contributed by atoms with Crippen LogP contribution in [0.1, 0.15) is 72.1 Å². The minimum atomic E-state index is -0.920. The molecule has 0 radical (unpaired) electrons. The van der Waals surface area contributed by atoms with Gasteiger partial charge in [-0.3, -0.25) is 9.59 Å². The number of hydrogen-bond acceptors (Lipinski definition) is 5. The lowest BCUT2D eigenvalue weighted by Crippen LogP contribution is -2.63. The molecule has 170 valence electrons. The van der Waals surface area contributed by atoms with E-state index in [1.807, 2.05) is 0 Å². The van der Waals surface area contributed by atoms with Crippen LogP contribution in [0.3, 0.4) is 0 Å². The molecule has 0 amide bonds. The van der Waals surface area contributed by atoms with Crippen molar-refractivity contribution in [2.45, 2.75) is 90.4 Å². The zero-order valence-corrected chi connectivity index (χ0v) is 18.5. The Morgan fingerprint density at radius 2 is 1.80 bits per heavy atom. The summed E-state index contributed by atoms with van der Waals surface area (Å²) in [5, 5.41) is 41.9. The molecule has 4 fully saturated rings. The molecule has 4 rings (SSSR count). The highest BCUT2D eigenvalue weighted by molar-refractivity contribution is 5.84. The first-order valence-corrected chi connectivity index (χ1v) is 11.8. The Bertz CT molecular complexity index is 708. The zero-order chi connectivity index (χ0) is 22.0. The van der Waals surface area contributed by atoms with Gasteiger partial charge in [0.1, 0.15) is 6.10 Å². The van der Waals surface area contributed by atoms with E-state index >= 15 is 0 Å². The van der Waals surface area contributed by atoms with Crippen LogP contribution in [0.15, 0.2) is 0 Å². The van der Waals surface area contributed by atoms with Crippen LogP contribution in [0.25, 0.3) is 0 Å². The molecular formula is C24H38O6. The van der Waals surface area contributed by atoms with Gasteiger partial charge in [-0.05, 0) is 84.9 Å². The highest BCUT2D eigenvalue weighted by Crippen LogP contribution is 2.68. The maximum Gasteiger partial charge on any atom is 0.303 e. The summed E-state index contributed by atoms with van der Waals surface area (Å²) >= 11 is 0. The molecular weight excluding hydrogens is 384 g/mol. The van der Waals surface area contributed by atoms with Crippen LogP contribution >= 0.6 is 0 Å². The summed E-state index contributed by atoms with van der Waals surface area (Å²) in [5.41, 5.74) is -0.614. The molecule has 4 aliphatic rings. The van der Waals surface area contributed by atoms with Gasteiger partial charge in [-0.2, -0.15) is 0 Å². The number of aliphatic carboxylic acids is 1. The number of carbonyl (C=O) groups excluding carboxylic acids is 1. The van der Waals surface area contributed by atoms with Gasteiger partial charge in [0.2, 0.25) is 0 Å². The van der Waals surface area contributed by atoms with Gasteiger partial charge < -0.3 is 20.4 Å². The maximum absolute atomic E-state index is 12.4. The van der Waals surface area contributed by atoms with Crippen LogP contribution in [-0.4, -0.2) is 50.5 Å².